The van der Waals surface area contributed by atoms with Gasteiger partial charge >= 0.3 is 0 Å². The Hall–Kier alpha value is -1.07. The highest BCUT2D eigenvalue weighted by Gasteiger charge is 1.88. The van der Waals surface area contributed by atoms with Gasteiger partial charge in [0.15, 0.2) is 0 Å². The molecule has 10 heavy (non-hydrogen) atoms. The Morgan fingerprint density at radius 1 is 1.60 bits per heavy atom. The van der Waals surface area contributed by atoms with E-state index in [1.54, 1.807) is 11.3 Å². The van der Waals surface area contributed by atoms with Crippen LogP contribution in [0.1, 0.15) is 9.75 Å². The maximum Gasteiger partial charge on any atom is 0.0912 e. The minimum absolute atomic E-state index is 1.14. The van der Waals surface area contributed by atoms with Gasteiger partial charge in [0.2, 0.25) is 0 Å². The summed E-state index contributed by atoms with van der Waals surface area (Å²) in [5.74, 6) is 0. The van der Waals surface area contributed by atoms with Crippen LogP contribution in [0.5, 0.6) is 0 Å². The van der Waals surface area contributed by atoms with Crippen molar-refractivity contribution in [2.24, 2.45) is 0 Å². The molecule has 0 spiro atoms. The Balaban J connectivity index is 2.78. The zero-order valence-electron chi connectivity index (χ0n) is 5.66. The van der Waals surface area contributed by atoms with Gasteiger partial charge in [0.25, 0.3) is 0 Å². The molecule has 0 fully saturated rings. The molecule has 1 rings (SSSR count). The van der Waals surface area contributed by atoms with Gasteiger partial charge < -0.3 is 0 Å². The Morgan fingerprint density at radius 2 is 2.40 bits per heavy atom. The van der Waals surface area contributed by atoms with Crippen LogP contribution >= 0.6 is 11.3 Å². The lowest BCUT2D eigenvalue weighted by atomic mass is 10.4. The molecule has 50 valence electrons. The number of nitriles is 1. The minimum atomic E-state index is 1.14. The Kier molecular flexibility index (Phi) is 2.24. The third-order valence-electron chi connectivity index (χ3n) is 1.08. The van der Waals surface area contributed by atoms with Crippen LogP contribution in [0.15, 0.2) is 18.2 Å². The van der Waals surface area contributed by atoms with Gasteiger partial charge in [0.1, 0.15) is 0 Å². The van der Waals surface area contributed by atoms with E-state index in [0.29, 0.717) is 0 Å². The molecule has 0 aromatic carbocycles. The van der Waals surface area contributed by atoms with Crippen molar-refractivity contribution in [3.63, 3.8) is 0 Å². The van der Waals surface area contributed by atoms with Gasteiger partial charge in [-0.05, 0) is 25.1 Å². The highest BCUT2D eigenvalue weighted by molar-refractivity contribution is 7.12. The number of thiophene rings is 1. The summed E-state index contributed by atoms with van der Waals surface area (Å²) in [6.45, 7) is 2.05. The van der Waals surface area contributed by atoms with Crippen LogP contribution in [-0.2, 0) is 0 Å². The molecule has 0 N–H and O–H groups in total. The molecule has 1 heterocycles. The Morgan fingerprint density at radius 3 is 2.90 bits per heavy atom. The van der Waals surface area contributed by atoms with Crippen molar-refractivity contribution in [2.45, 2.75) is 6.92 Å². The summed E-state index contributed by atoms with van der Waals surface area (Å²) in [5.41, 5.74) is 0. The van der Waals surface area contributed by atoms with E-state index in [-0.39, 0.29) is 0 Å². The van der Waals surface area contributed by atoms with E-state index in [1.165, 1.54) is 11.0 Å². The SMILES string of the molecule is Cc1ccc(/C=C\C#N)s1. The van der Waals surface area contributed by atoms with Crippen LogP contribution in [0.3, 0.4) is 0 Å². The molecular formula is C8H7NS. The van der Waals surface area contributed by atoms with Gasteiger partial charge in [-0.15, -0.1) is 11.3 Å². The fourth-order valence-corrected chi connectivity index (χ4v) is 1.44. The first kappa shape index (κ1) is 7.04. The fraction of sp³-hybridized carbons (Fsp3) is 0.125. The van der Waals surface area contributed by atoms with Crippen molar-refractivity contribution in [2.75, 3.05) is 0 Å². The third kappa shape index (κ3) is 1.71. The standard InChI is InChI=1S/C8H7NS/c1-7-4-5-8(10-7)3-2-6-9/h2-5H,1H3/b3-2-. The van der Waals surface area contributed by atoms with E-state index < -0.39 is 0 Å². The summed E-state index contributed by atoms with van der Waals surface area (Å²) in [6, 6.07) is 6.00. The molecule has 0 atom stereocenters. The van der Waals surface area contributed by atoms with Gasteiger partial charge in [0.05, 0.1) is 6.07 Å². The number of hydrogen-bond donors (Lipinski definition) is 0. The number of rotatable bonds is 1. The average Bonchev–Trinajstić information content (AvgIpc) is 2.31. The number of aryl methyl sites for hydroxylation is 1. The lowest BCUT2D eigenvalue weighted by Crippen LogP contribution is -1.52. The molecule has 0 aliphatic rings. The van der Waals surface area contributed by atoms with Crippen molar-refractivity contribution >= 4 is 17.4 Å². The van der Waals surface area contributed by atoms with Crippen LogP contribution in [0.2, 0.25) is 0 Å². The normalized spacial score (nSPS) is 10.0. The second-order valence-corrected chi connectivity index (χ2v) is 3.23. The van der Waals surface area contributed by atoms with E-state index in [9.17, 15) is 0 Å². The summed E-state index contributed by atoms with van der Waals surface area (Å²) in [5, 5.41) is 8.20. The predicted molar refractivity (Wildman–Crippen MR) is 43.7 cm³/mol. The molecule has 0 bridgehead atoms. The molecule has 0 amide bonds. The molecular weight excluding hydrogens is 142 g/mol. The first-order valence-corrected chi connectivity index (χ1v) is 3.77. The van der Waals surface area contributed by atoms with Crippen LogP contribution in [0.25, 0.3) is 6.08 Å². The smallest absolute Gasteiger partial charge is 0.0912 e. The molecule has 0 saturated heterocycles. The predicted octanol–water partition coefficient (Wildman–Crippen LogP) is 2.59. The Labute approximate surface area is 64.2 Å². The first-order chi connectivity index (χ1) is 4.83. The third-order valence-corrected chi connectivity index (χ3v) is 2.05. The van der Waals surface area contributed by atoms with Crippen LogP contribution in [0, 0.1) is 18.3 Å². The van der Waals surface area contributed by atoms with E-state index >= 15 is 0 Å². The summed E-state index contributed by atoms with van der Waals surface area (Å²) in [7, 11) is 0. The second-order valence-electron chi connectivity index (χ2n) is 1.91. The number of allylic oxidation sites excluding steroid dienone is 1. The molecule has 2 heteroatoms. The zero-order chi connectivity index (χ0) is 7.40. The molecule has 0 aliphatic heterocycles. The van der Waals surface area contributed by atoms with Crippen LogP contribution in [0.4, 0.5) is 0 Å². The summed E-state index contributed by atoms with van der Waals surface area (Å²) in [4.78, 5) is 2.41. The molecule has 0 saturated carbocycles. The molecule has 0 radical (unpaired) electrons. The van der Waals surface area contributed by atoms with Gasteiger partial charge in [-0.1, -0.05) is 0 Å². The number of hydrogen-bond acceptors (Lipinski definition) is 2. The number of nitrogens with zero attached hydrogens (tertiary/aromatic N) is 1. The van der Waals surface area contributed by atoms with E-state index in [4.69, 9.17) is 5.26 Å². The maximum absolute atomic E-state index is 8.20. The molecule has 0 aliphatic carbocycles. The van der Waals surface area contributed by atoms with Gasteiger partial charge in [-0.2, -0.15) is 5.26 Å². The molecule has 1 nitrogen and oxygen atoms in total. The zero-order valence-corrected chi connectivity index (χ0v) is 6.48. The maximum atomic E-state index is 8.20. The highest BCUT2D eigenvalue weighted by atomic mass is 32.1. The molecule has 0 unspecified atom stereocenters. The van der Waals surface area contributed by atoms with Gasteiger partial charge in [0, 0.05) is 15.8 Å². The lowest BCUT2D eigenvalue weighted by Gasteiger charge is -1.76. The molecule has 1 aromatic heterocycles. The minimum Gasteiger partial charge on any atom is -0.193 e. The lowest BCUT2D eigenvalue weighted by molar-refractivity contribution is 1.54. The van der Waals surface area contributed by atoms with Crippen LogP contribution < -0.4 is 0 Å². The van der Waals surface area contributed by atoms with Crippen molar-refractivity contribution in [3.05, 3.63) is 28.0 Å². The average molecular weight is 149 g/mol. The summed E-state index contributed by atoms with van der Waals surface area (Å²) >= 11 is 1.69. The van der Waals surface area contributed by atoms with Crippen molar-refractivity contribution in [3.8, 4) is 6.07 Å². The van der Waals surface area contributed by atoms with E-state index in [2.05, 4.69) is 0 Å². The first-order valence-electron chi connectivity index (χ1n) is 2.95. The fourth-order valence-electron chi connectivity index (χ4n) is 0.662. The van der Waals surface area contributed by atoms with Crippen molar-refractivity contribution < 1.29 is 0 Å². The molecule has 1 aromatic rings. The highest BCUT2D eigenvalue weighted by Crippen LogP contribution is 2.15. The largest absolute Gasteiger partial charge is 0.193 e. The summed E-state index contributed by atoms with van der Waals surface area (Å²) in [6.07, 6.45) is 3.31. The van der Waals surface area contributed by atoms with Gasteiger partial charge in [-0.3, -0.25) is 0 Å². The van der Waals surface area contributed by atoms with Crippen LogP contribution in [-0.4, -0.2) is 0 Å². The van der Waals surface area contributed by atoms with Gasteiger partial charge in [-0.25, -0.2) is 0 Å². The van der Waals surface area contributed by atoms with Crippen molar-refractivity contribution in [1.29, 1.82) is 5.26 Å². The van der Waals surface area contributed by atoms with Crippen molar-refractivity contribution in [1.82, 2.24) is 0 Å². The monoisotopic (exact) mass is 149 g/mol. The van der Waals surface area contributed by atoms with E-state index in [0.717, 1.165) is 4.88 Å². The Bertz CT molecular complexity index is 278. The van der Waals surface area contributed by atoms with E-state index in [1.807, 2.05) is 31.2 Å². The second kappa shape index (κ2) is 3.19. The quantitative estimate of drug-likeness (QED) is 0.563. The summed E-state index contributed by atoms with van der Waals surface area (Å²) < 4.78 is 0. The topological polar surface area (TPSA) is 23.8 Å².